The highest BCUT2D eigenvalue weighted by Gasteiger charge is 2.31. The molecular weight excluding hydrogens is 502 g/mol. The highest BCUT2D eigenvalue weighted by atomic mass is 32.1. The molecule has 2 aliphatic rings. The first-order valence-corrected chi connectivity index (χ1v) is 14.6. The summed E-state index contributed by atoms with van der Waals surface area (Å²) in [6.45, 7) is 2.05. The van der Waals surface area contributed by atoms with Gasteiger partial charge in [0.1, 0.15) is 20.3 Å². The molecule has 0 fully saturated rings. The minimum atomic E-state index is -0.419. The molecule has 2 aliphatic carbocycles. The van der Waals surface area contributed by atoms with E-state index in [-0.39, 0.29) is 12.5 Å². The maximum absolute atomic E-state index is 13.6. The van der Waals surface area contributed by atoms with Crippen LogP contribution in [0.2, 0.25) is 0 Å². The van der Waals surface area contributed by atoms with Gasteiger partial charge < -0.3 is 15.8 Å². The number of hydrogen-bond donors (Lipinski definition) is 2. The van der Waals surface area contributed by atoms with E-state index in [2.05, 4.69) is 17.4 Å². The molecule has 0 radical (unpaired) electrons. The van der Waals surface area contributed by atoms with Crippen molar-refractivity contribution in [2.24, 2.45) is 0 Å². The molecule has 190 valence electrons. The highest BCUT2D eigenvalue weighted by molar-refractivity contribution is 7.21. The molecule has 0 aliphatic heterocycles. The number of pyridine rings is 1. The number of carbonyl (C=O) groups is 2. The van der Waals surface area contributed by atoms with Crippen molar-refractivity contribution in [1.82, 2.24) is 4.98 Å². The number of aryl methyl sites for hydroxylation is 4. The van der Waals surface area contributed by atoms with Gasteiger partial charge in [0, 0.05) is 21.5 Å². The Morgan fingerprint density at radius 3 is 2.68 bits per heavy atom. The zero-order valence-corrected chi connectivity index (χ0v) is 22.4. The Hall–Kier alpha value is -3.23. The molecule has 1 aromatic carbocycles. The van der Waals surface area contributed by atoms with E-state index >= 15 is 0 Å². The Kier molecular flexibility index (Phi) is 6.46. The quantitative estimate of drug-likeness (QED) is 0.283. The molecule has 1 amide bonds. The fraction of sp³-hybridized carbons (Fsp3) is 0.345. The number of esters is 1. The number of nitrogens with two attached hydrogens (primary N) is 1. The Balaban J connectivity index is 1.39. The molecule has 3 N–H and O–H groups in total. The number of nitrogens with zero attached hydrogens (tertiary/aromatic N) is 1. The van der Waals surface area contributed by atoms with Crippen molar-refractivity contribution >= 4 is 55.5 Å². The summed E-state index contributed by atoms with van der Waals surface area (Å²) < 4.78 is 5.43. The number of carbonyl (C=O) groups excluding carboxylic acids is 2. The summed E-state index contributed by atoms with van der Waals surface area (Å²) in [5, 5.41) is 4.39. The number of nitrogen functional groups attached to an aromatic ring is 1. The number of amides is 1. The Labute approximate surface area is 223 Å². The van der Waals surface area contributed by atoms with Gasteiger partial charge in [0.15, 0.2) is 0 Å². The van der Waals surface area contributed by atoms with E-state index < -0.39 is 5.97 Å². The van der Waals surface area contributed by atoms with Gasteiger partial charge in [0.25, 0.3) is 5.91 Å². The predicted octanol–water partition coefficient (Wildman–Crippen LogP) is 6.79. The summed E-state index contributed by atoms with van der Waals surface area (Å²) >= 11 is 2.78. The first kappa shape index (κ1) is 24.1. The smallest absolute Gasteiger partial charge is 0.341 e. The van der Waals surface area contributed by atoms with Crippen LogP contribution in [0.5, 0.6) is 0 Å². The molecule has 8 heteroatoms. The molecule has 37 heavy (non-hydrogen) atoms. The minimum absolute atomic E-state index is 0.262. The number of fused-ring (bicyclic) bond motifs is 5. The second kappa shape index (κ2) is 9.91. The standard InChI is InChI=1S/C29H29N3O3S2/c1-2-35-29(34)23-22-18-11-8-7-9-16(18)13-14-21(22)36-28(23)32-26(33)25-24(30)19-15-17-10-5-3-4-6-12-20(17)31-27(19)37-25/h7-9,11,15H,2-6,10,12-14,30H2,1H3,(H,32,33). The molecule has 4 aromatic rings. The normalized spacial score (nSPS) is 14.7. The predicted molar refractivity (Wildman–Crippen MR) is 151 cm³/mol. The van der Waals surface area contributed by atoms with E-state index in [4.69, 9.17) is 15.5 Å². The zero-order chi connectivity index (χ0) is 25.5. The van der Waals surface area contributed by atoms with Gasteiger partial charge in [-0.05, 0) is 68.2 Å². The van der Waals surface area contributed by atoms with Crippen molar-refractivity contribution < 1.29 is 14.3 Å². The summed E-state index contributed by atoms with van der Waals surface area (Å²) in [7, 11) is 0. The van der Waals surface area contributed by atoms with Crippen LogP contribution in [0.3, 0.4) is 0 Å². The first-order valence-electron chi connectivity index (χ1n) is 13.0. The van der Waals surface area contributed by atoms with Gasteiger partial charge >= 0.3 is 5.97 Å². The maximum Gasteiger partial charge on any atom is 0.341 e. The van der Waals surface area contributed by atoms with Crippen LogP contribution in [0.4, 0.5) is 10.7 Å². The van der Waals surface area contributed by atoms with Crippen molar-refractivity contribution in [1.29, 1.82) is 0 Å². The number of anilines is 2. The second-order valence-corrected chi connectivity index (χ2v) is 11.7. The summed E-state index contributed by atoms with van der Waals surface area (Å²) in [5.41, 5.74) is 12.9. The van der Waals surface area contributed by atoms with E-state index in [1.807, 2.05) is 18.2 Å². The van der Waals surface area contributed by atoms with Gasteiger partial charge in [0.2, 0.25) is 0 Å². The van der Waals surface area contributed by atoms with Crippen molar-refractivity contribution in [3.8, 4) is 11.1 Å². The van der Waals surface area contributed by atoms with E-state index in [9.17, 15) is 9.59 Å². The Bertz CT molecular complexity index is 1540. The summed E-state index contributed by atoms with van der Waals surface area (Å²) in [6, 6.07) is 10.3. The molecule has 6 nitrogen and oxygen atoms in total. The van der Waals surface area contributed by atoms with Gasteiger partial charge in [-0.25, -0.2) is 9.78 Å². The molecule has 0 bridgehead atoms. The second-order valence-electron chi connectivity index (χ2n) is 9.64. The number of ether oxygens (including phenoxy) is 1. The van der Waals surface area contributed by atoms with Crippen molar-refractivity contribution in [3.63, 3.8) is 0 Å². The first-order chi connectivity index (χ1) is 18.0. The topological polar surface area (TPSA) is 94.3 Å². The van der Waals surface area contributed by atoms with E-state index in [1.165, 1.54) is 46.6 Å². The monoisotopic (exact) mass is 531 g/mol. The summed E-state index contributed by atoms with van der Waals surface area (Å²) in [6.07, 6.45) is 8.46. The SMILES string of the molecule is CCOC(=O)c1c(NC(=O)c2sc3nc4c(cc3c2N)CCCCCC4)sc2c1-c1ccccc1CC2. The summed E-state index contributed by atoms with van der Waals surface area (Å²) in [5.74, 6) is -0.733. The van der Waals surface area contributed by atoms with Crippen LogP contribution in [-0.2, 0) is 30.4 Å². The third kappa shape index (κ3) is 4.32. The van der Waals surface area contributed by atoms with Crippen molar-refractivity contribution in [2.75, 3.05) is 17.7 Å². The fourth-order valence-corrected chi connectivity index (χ4v) is 7.68. The lowest BCUT2D eigenvalue weighted by Gasteiger charge is -2.17. The molecule has 0 saturated carbocycles. The number of thiophene rings is 2. The van der Waals surface area contributed by atoms with Gasteiger partial charge in [-0.1, -0.05) is 37.1 Å². The fourth-order valence-electron chi connectivity index (χ4n) is 5.50. The van der Waals surface area contributed by atoms with Crippen LogP contribution in [0.1, 0.15) is 74.3 Å². The van der Waals surface area contributed by atoms with Crippen LogP contribution in [0.15, 0.2) is 30.3 Å². The zero-order valence-electron chi connectivity index (χ0n) is 20.8. The third-order valence-corrected chi connectivity index (χ3v) is 9.58. The van der Waals surface area contributed by atoms with Gasteiger partial charge in [0.05, 0.1) is 12.3 Å². The average Bonchev–Trinajstić information content (AvgIpc) is 3.41. The Morgan fingerprint density at radius 1 is 1.03 bits per heavy atom. The molecule has 0 atom stereocenters. The summed E-state index contributed by atoms with van der Waals surface area (Å²) in [4.78, 5) is 34.0. The minimum Gasteiger partial charge on any atom is -0.462 e. The number of nitrogens with one attached hydrogen (secondary N) is 1. The van der Waals surface area contributed by atoms with Crippen LogP contribution in [-0.4, -0.2) is 23.5 Å². The molecule has 3 aromatic heterocycles. The molecule has 3 heterocycles. The molecule has 6 rings (SSSR count). The van der Waals surface area contributed by atoms with Gasteiger partial charge in [-0.2, -0.15) is 0 Å². The molecule has 0 saturated heterocycles. The van der Waals surface area contributed by atoms with Crippen LogP contribution >= 0.6 is 22.7 Å². The lowest BCUT2D eigenvalue weighted by molar-refractivity contribution is 0.0529. The maximum atomic E-state index is 13.6. The van der Waals surface area contributed by atoms with E-state index in [1.54, 1.807) is 6.92 Å². The molecule has 0 unspecified atom stereocenters. The van der Waals surface area contributed by atoms with Gasteiger partial charge in [-0.3, -0.25) is 4.79 Å². The molecular formula is C29H29N3O3S2. The van der Waals surface area contributed by atoms with E-state index in [0.717, 1.165) is 70.4 Å². The third-order valence-electron chi connectivity index (χ3n) is 7.30. The lowest BCUT2D eigenvalue weighted by Crippen LogP contribution is -2.15. The van der Waals surface area contributed by atoms with Crippen LogP contribution < -0.4 is 11.1 Å². The van der Waals surface area contributed by atoms with Crippen molar-refractivity contribution in [2.45, 2.75) is 58.3 Å². The van der Waals surface area contributed by atoms with Crippen LogP contribution in [0, 0.1) is 0 Å². The largest absolute Gasteiger partial charge is 0.462 e. The molecule has 0 spiro atoms. The average molecular weight is 532 g/mol. The number of hydrogen-bond acceptors (Lipinski definition) is 7. The highest BCUT2D eigenvalue weighted by Crippen LogP contribution is 2.46. The van der Waals surface area contributed by atoms with Crippen LogP contribution in [0.25, 0.3) is 21.3 Å². The van der Waals surface area contributed by atoms with E-state index in [0.29, 0.717) is 21.1 Å². The number of aromatic nitrogens is 1. The number of benzene rings is 1. The lowest BCUT2D eigenvalue weighted by atomic mass is 9.88. The Morgan fingerprint density at radius 2 is 1.84 bits per heavy atom. The van der Waals surface area contributed by atoms with Gasteiger partial charge in [-0.15, -0.1) is 22.7 Å². The van der Waals surface area contributed by atoms with Crippen molar-refractivity contribution in [3.05, 3.63) is 62.5 Å². The number of rotatable bonds is 4.